The van der Waals surface area contributed by atoms with Crippen LogP contribution in [0.15, 0.2) is 53.0 Å². The van der Waals surface area contributed by atoms with Crippen LogP contribution in [-0.2, 0) is 27.2 Å². The highest BCUT2D eigenvalue weighted by Crippen LogP contribution is 2.20. The lowest BCUT2D eigenvalue weighted by molar-refractivity contribution is -0.140. The summed E-state index contributed by atoms with van der Waals surface area (Å²) in [5.74, 6) is -0.376. The van der Waals surface area contributed by atoms with Crippen LogP contribution < -0.4 is 4.74 Å². The molecule has 5 heteroatoms. The Morgan fingerprint density at radius 1 is 1.00 bits per heavy atom. The second-order valence-electron chi connectivity index (χ2n) is 4.64. The van der Waals surface area contributed by atoms with Gasteiger partial charge in [0.25, 0.3) is 0 Å². The molecule has 0 aliphatic rings. The molecule has 0 aliphatic heterocycles. The molecule has 2 aromatic rings. The van der Waals surface area contributed by atoms with Crippen molar-refractivity contribution in [2.75, 3.05) is 7.11 Å². The Morgan fingerprint density at radius 3 is 2.50 bits per heavy atom. The third-order valence-corrected chi connectivity index (χ3v) is 3.49. The van der Waals surface area contributed by atoms with Gasteiger partial charge in [-0.2, -0.15) is 0 Å². The molecule has 114 valence electrons. The molecule has 0 aromatic heterocycles. The van der Waals surface area contributed by atoms with Crippen molar-refractivity contribution in [1.29, 1.82) is 0 Å². The predicted molar refractivity (Wildman–Crippen MR) is 85.6 cm³/mol. The first kappa shape index (κ1) is 16.2. The van der Waals surface area contributed by atoms with Crippen molar-refractivity contribution in [3.63, 3.8) is 0 Å². The molecule has 0 aliphatic carbocycles. The molecule has 0 heterocycles. The average Bonchev–Trinajstić information content (AvgIpc) is 2.49. The van der Waals surface area contributed by atoms with Crippen LogP contribution in [0.1, 0.15) is 11.1 Å². The summed E-state index contributed by atoms with van der Waals surface area (Å²) in [6.45, 7) is 0. The Bertz CT molecular complexity index is 682. The number of benzene rings is 2. The van der Waals surface area contributed by atoms with Crippen molar-refractivity contribution in [1.82, 2.24) is 0 Å². The smallest absolute Gasteiger partial charge is 0.315 e. The molecule has 0 N–H and O–H groups in total. The molecular formula is C17H15BrO4. The van der Waals surface area contributed by atoms with Crippen LogP contribution in [-0.4, -0.2) is 19.0 Å². The van der Waals surface area contributed by atoms with E-state index in [1.54, 1.807) is 24.3 Å². The van der Waals surface area contributed by atoms with Gasteiger partial charge in [-0.1, -0.05) is 46.3 Å². The number of esters is 2. The minimum absolute atomic E-state index is 0.0663. The van der Waals surface area contributed by atoms with E-state index in [4.69, 9.17) is 4.74 Å². The molecule has 0 saturated carbocycles. The number of carbonyl (C=O) groups excluding carboxylic acids is 2. The zero-order valence-corrected chi connectivity index (χ0v) is 13.6. The Kier molecular flexibility index (Phi) is 5.72. The van der Waals surface area contributed by atoms with E-state index in [2.05, 4.69) is 20.7 Å². The first-order valence-corrected chi connectivity index (χ1v) is 7.47. The van der Waals surface area contributed by atoms with Gasteiger partial charge in [0.05, 0.1) is 20.0 Å². The summed E-state index contributed by atoms with van der Waals surface area (Å²) in [7, 11) is 1.32. The van der Waals surface area contributed by atoms with Gasteiger partial charge < -0.3 is 9.47 Å². The highest BCUT2D eigenvalue weighted by atomic mass is 79.9. The largest absolute Gasteiger partial charge is 0.469 e. The van der Waals surface area contributed by atoms with E-state index in [-0.39, 0.29) is 24.8 Å². The molecule has 2 aromatic carbocycles. The maximum Gasteiger partial charge on any atom is 0.315 e. The molecule has 0 unspecified atom stereocenters. The van der Waals surface area contributed by atoms with Crippen molar-refractivity contribution in [3.8, 4) is 5.75 Å². The molecule has 22 heavy (non-hydrogen) atoms. The van der Waals surface area contributed by atoms with E-state index in [1.807, 2.05) is 24.3 Å². The topological polar surface area (TPSA) is 52.6 Å². The number of hydrogen-bond acceptors (Lipinski definition) is 4. The standard InChI is InChI=1S/C17H15BrO4/c1-21-16(19)11-13-6-2-3-8-15(13)22-17(20)10-12-5-4-7-14(18)9-12/h2-9H,10-11H2,1H3. The van der Waals surface area contributed by atoms with Crippen molar-refractivity contribution in [2.24, 2.45) is 0 Å². The van der Waals surface area contributed by atoms with Gasteiger partial charge >= 0.3 is 11.9 Å². The van der Waals surface area contributed by atoms with Gasteiger partial charge in [-0.3, -0.25) is 9.59 Å². The molecule has 4 nitrogen and oxygen atoms in total. The summed E-state index contributed by atoms with van der Waals surface area (Å²) in [5.41, 5.74) is 1.47. The van der Waals surface area contributed by atoms with E-state index in [0.29, 0.717) is 11.3 Å². The normalized spacial score (nSPS) is 10.1. The number of para-hydroxylation sites is 1. The van der Waals surface area contributed by atoms with Gasteiger partial charge in [0, 0.05) is 10.0 Å². The van der Waals surface area contributed by atoms with Gasteiger partial charge in [0.1, 0.15) is 5.75 Å². The van der Waals surface area contributed by atoms with Crippen LogP contribution in [0.5, 0.6) is 5.75 Å². The van der Waals surface area contributed by atoms with Crippen LogP contribution in [0.2, 0.25) is 0 Å². The lowest BCUT2D eigenvalue weighted by Gasteiger charge is -2.09. The fourth-order valence-electron chi connectivity index (χ4n) is 1.95. The zero-order valence-electron chi connectivity index (χ0n) is 12.0. The van der Waals surface area contributed by atoms with E-state index in [1.165, 1.54) is 7.11 Å². The van der Waals surface area contributed by atoms with Crippen LogP contribution in [0, 0.1) is 0 Å². The fraction of sp³-hybridized carbons (Fsp3) is 0.176. The second-order valence-corrected chi connectivity index (χ2v) is 5.56. The summed E-state index contributed by atoms with van der Waals surface area (Å²) in [6, 6.07) is 14.4. The lowest BCUT2D eigenvalue weighted by atomic mass is 10.1. The molecular weight excluding hydrogens is 348 g/mol. The Hall–Kier alpha value is -2.14. The van der Waals surface area contributed by atoms with Crippen LogP contribution in [0.3, 0.4) is 0 Å². The molecule has 0 atom stereocenters. The molecule has 2 rings (SSSR count). The maximum atomic E-state index is 12.0. The molecule has 0 radical (unpaired) electrons. The van der Waals surface area contributed by atoms with Gasteiger partial charge in [-0.15, -0.1) is 0 Å². The van der Waals surface area contributed by atoms with Gasteiger partial charge in [-0.05, 0) is 23.8 Å². The summed E-state index contributed by atoms with van der Waals surface area (Å²) in [5, 5.41) is 0. The number of halogens is 1. The summed E-state index contributed by atoms with van der Waals surface area (Å²) >= 11 is 3.36. The minimum Gasteiger partial charge on any atom is -0.469 e. The van der Waals surface area contributed by atoms with Crippen LogP contribution in [0.25, 0.3) is 0 Å². The van der Waals surface area contributed by atoms with Gasteiger partial charge in [0.2, 0.25) is 0 Å². The van der Waals surface area contributed by atoms with Crippen molar-refractivity contribution in [2.45, 2.75) is 12.8 Å². The zero-order chi connectivity index (χ0) is 15.9. The van der Waals surface area contributed by atoms with Gasteiger partial charge in [-0.25, -0.2) is 0 Å². The number of carbonyl (C=O) groups is 2. The van der Waals surface area contributed by atoms with E-state index in [0.717, 1.165) is 10.0 Å². The van der Waals surface area contributed by atoms with E-state index < -0.39 is 0 Å². The Labute approximate surface area is 137 Å². The quantitative estimate of drug-likeness (QED) is 0.604. The SMILES string of the molecule is COC(=O)Cc1ccccc1OC(=O)Cc1cccc(Br)c1. The number of hydrogen-bond donors (Lipinski definition) is 0. The van der Waals surface area contributed by atoms with Crippen molar-refractivity contribution in [3.05, 3.63) is 64.1 Å². The van der Waals surface area contributed by atoms with Crippen LogP contribution in [0.4, 0.5) is 0 Å². The Balaban J connectivity index is 2.07. The summed E-state index contributed by atoms with van der Waals surface area (Å²) in [6.07, 6.45) is 0.225. The molecule has 0 spiro atoms. The number of methoxy groups -OCH3 is 1. The molecule has 0 amide bonds. The third-order valence-electron chi connectivity index (χ3n) is 3.00. The number of rotatable bonds is 5. The second kappa shape index (κ2) is 7.75. The monoisotopic (exact) mass is 362 g/mol. The fourth-order valence-corrected chi connectivity index (χ4v) is 2.40. The third kappa shape index (κ3) is 4.70. The Morgan fingerprint density at radius 2 is 1.77 bits per heavy atom. The van der Waals surface area contributed by atoms with Gasteiger partial charge in [0.15, 0.2) is 0 Å². The predicted octanol–water partition coefficient (Wildman–Crippen LogP) is 3.31. The van der Waals surface area contributed by atoms with Crippen molar-refractivity contribution < 1.29 is 19.1 Å². The van der Waals surface area contributed by atoms with E-state index in [9.17, 15) is 9.59 Å². The maximum absolute atomic E-state index is 12.0. The molecule has 0 bridgehead atoms. The summed E-state index contributed by atoms with van der Waals surface area (Å²) in [4.78, 5) is 23.4. The average molecular weight is 363 g/mol. The minimum atomic E-state index is -0.379. The molecule has 0 fully saturated rings. The van der Waals surface area contributed by atoms with E-state index >= 15 is 0 Å². The lowest BCUT2D eigenvalue weighted by Crippen LogP contribution is -2.13. The molecule has 0 saturated heterocycles. The highest BCUT2D eigenvalue weighted by molar-refractivity contribution is 9.10. The van der Waals surface area contributed by atoms with Crippen molar-refractivity contribution >= 4 is 27.9 Å². The first-order chi connectivity index (χ1) is 10.6. The summed E-state index contributed by atoms with van der Waals surface area (Å²) < 4.78 is 10.9. The number of ether oxygens (including phenoxy) is 2. The van der Waals surface area contributed by atoms with Crippen LogP contribution >= 0.6 is 15.9 Å². The highest BCUT2D eigenvalue weighted by Gasteiger charge is 2.12. The first-order valence-electron chi connectivity index (χ1n) is 6.68.